The topological polar surface area (TPSA) is 139 Å². The summed E-state index contributed by atoms with van der Waals surface area (Å²) in [7, 11) is -4.04. The average Bonchev–Trinajstić information content (AvgIpc) is 3.61. The van der Waals surface area contributed by atoms with Crippen LogP contribution < -0.4 is 10.0 Å². The first kappa shape index (κ1) is 25.3. The highest BCUT2D eigenvalue weighted by molar-refractivity contribution is 7.92. The van der Waals surface area contributed by atoms with Crippen LogP contribution in [0.2, 0.25) is 0 Å². The first-order valence-electron chi connectivity index (χ1n) is 11.6. The lowest BCUT2D eigenvalue weighted by Crippen LogP contribution is -2.14. The van der Waals surface area contributed by atoms with Gasteiger partial charge >= 0.3 is 0 Å². The van der Waals surface area contributed by atoms with Crippen molar-refractivity contribution in [2.24, 2.45) is 0 Å². The van der Waals surface area contributed by atoms with E-state index in [0.29, 0.717) is 35.4 Å². The van der Waals surface area contributed by atoms with Crippen LogP contribution in [0.3, 0.4) is 0 Å². The number of furan rings is 1. The van der Waals surface area contributed by atoms with Crippen LogP contribution in [0, 0.1) is 5.82 Å². The maximum Gasteiger partial charge on any atom is 0.265 e. The second kappa shape index (κ2) is 10.9. The van der Waals surface area contributed by atoms with Gasteiger partial charge in [0.25, 0.3) is 10.0 Å². The Kier molecular flexibility index (Phi) is 7.46. The van der Waals surface area contributed by atoms with Crippen LogP contribution in [0.4, 0.5) is 16.0 Å². The quantitative estimate of drug-likeness (QED) is 0.284. The molecule has 13 heteroatoms. The van der Waals surface area contributed by atoms with E-state index in [9.17, 15) is 8.42 Å². The number of anilines is 2. The summed E-state index contributed by atoms with van der Waals surface area (Å²) in [4.78, 5) is 14.1. The third-order valence-corrected chi connectivity index (χ3v) is 8.38. The molecule has 1 aliphatic rings. The molecular formula is C24H24FN5O5S2. The number of aliphatic hydroxyl groups excluding tert-OH is 1. The van der Waals surface area contributed by atoms with E-state index in [-0.39, 0.29) is 35.2 Å². The van der Waals surface area contributed by atoms with Gasteiger partial charge in [-0.3, -0.25) is 4.72 Å². The van der Waals surface area contributed by atoms with Gasteiger partial charge in [-0.05, 0) is 37.1 Å². The van der Waals surface area contributed by atoms with Crippen molar-refractivity contribution in [3.63, 3.8) is 0 Å². The van der Waals surface area contributed by atoms with Crippen molar-refractivity contribution < 1.29 is 27.1 Å². The number of hydrogen-bond acceptors (Lipinski definition) is 10. The van der Waals surface area contributed by atoms with E-state index >= 15 is 4.39 Å². The molecule has 1 aliphatic heterocycles. The van der Waals surface area contributed by atoms with Gasteiger partial charge in [-0.2, -0.15) is 0 Å². The molecule has 37 heavy (non-hydrogen) atoms. The molecule has 0 amide bonds. The number of nitrogens with zero attached hydrogens (tertiary/aromatic N) is 3. The molecule has 1 fully saturated rings. The van der Waals surface area contributed by atoms with Crippen molar-refractivity contribution in [3.05, 3.63) is 59.9 Å². The molecule has 1 aromatic carbocycles. The molecule has 5 rings (SSSR count). The molecule has 4 aromatic rings. The van der Waals surface area contributed by atoms with Gasteiger partial charge in [-0.15, -0.1) is 11.3 Å². The van der Waals surface area contributed by atoms with Crippen molar-refractivity contribution in [1.82, 2.24) is 15.0 Å². The SMILES string of the molecule is O=S(=O)(Nc1cccc(-c2nc(C3CCOCC3)sc2-c2ccnc(NCCO)n2)c1F)c1ccoc1. The van der Waals surface area contributed by atoms with Crippen LogP contribution in [-0.2, 0) is 14.8 Å². The van der Waals surface area contributed by atoms with Gasteiger partial charge in [0, 0.05) is 37.4 Å². The molecule has 4 heterocycles. The van der Waals surface area contributed by atoms with Crippen LogP contribution in [-0.4, -0.2) is 54.8 Å². The van der Waals surface area contributed by atoms with Gasteiger partial charge in [0.1, 0.15) is 11.2 Å². The second-order valence-corrected chi connectivity index (χ2v) is 11.0. The highest BCUT2D eigenvalue weighted by Gasteiger charge is 2.26. The Morgan fingerprint density at radius 1 is 1.16 bits per heavy atom. The van der Waals surface area contributed by atoms with E-state index in [2.05, 4.69) is 20.0 Å². The summed E-state index contributed by atoms with van der Waals surface area (Å²) in [5.74, 6) is -0.279. The first-order valence-corrected chi connectivity index (χ1v) is 13.9. The zero-order valence-electron chi connectivity index (χ0n) is 19.6. The minimum absolute atomic E-state index is 0.0833. The molecule has 10 nitrogen and oxygen atoms in total. The van der Waals surface area contributed by atoms with Gasteiger partial charge < -0.3 is 19.6 Å². The van der Waals surface area contributed by atoms with Crippen LogP contribution in [0.15, 0.2) is 58.4 Å². The summed E-state index contributed by atoms with van der Waals surface area (Å²) in [5.41, 5.74) is 0.823. The Morgan fingerprint density at radius 2 is 2.00 bits per heavy atom. The Hall–Kier alpha value is -3.39. The minimum Gasteiger partial charge on any atom is -0.471 e. The molecule has 0 saturated carbocycles. The smallest absolute Gasteiger partial charge is 0.265 e. The summed E-state index contributed by atoms with van der Waals surface area (Å²) in [6.07, 6.45) is 5.47. The Morgan fingerprint density at radius 3 is 2.76 bits per heavy atom. The molecule has 0 radical (unpaired) electrons. The molecule has 0 atom stereocenters. The lowest BCUT2D eigenvalue weighted by molar-refractivity contribution is 0.0853. The fourth-order valence-electron chi connectivity index (χ4n) is 3.95. The van der Waals surface area contributed by atoms with E-state index in [1.54, 1.807) is 24.4 Å². The monoisotopic (exact) mass is 545 g/mol. The number of benzene rings is 1. The Balaban J connectivity index is 1.58. The number of thiazole rings is 1. The molecule has 1 saturated heterocycles. The molecule has 0 aliphatic carbocycles. The van der Waals surface area contributed by atoms with E-state index in [1.807, 2.05) is 0 Å². The number of sulfonamides is 1. The summed E-state index contributed by atoms with van der Waals surface area (Å²) in [6, 6.07) is 7.46. The zero-order valence-corrected chi connectivity index (χ0v) is 21.2. The molecule has 0 unspecified atom stereocenters. The fourth-order valence-corrected chi connectivity index (χ4v) is 6.15. The number of nitrogens with one attached hydrogen (secondary N) is 2. The number of aromatic nitrogens is 3. The van der Waals surface area contributed by atoms with Gasteiger partial charge in [0.2, 0.25) is 5.95 Å². The molecule has 194 valence electrons. The zero-order chi connectivity index (χ0) is 25.8. The van der Waals surface area contributed by atoms with Crippen molar-refractivity contribution in [2.45, 2.75) is 23.7 Å². The largest absolute Gasteiger partial charge is 0.471 e. The van der Waals surface area contributed by atoms with Crippen molar-refractivity contribution in [3.8, 4) is 21.8 Å². The number of rotatable bonds is 9. The van der Waals surface area contributed by atoms with Crippen molar-refractivity contribution in [1.29, 1.82) is 0 Å². The van der Waals surface area contributed by atoms with Gasteiger partial charge in [0.15, 0.2) is 5.82 Å². The van der Waals surface area contributed by atoms with Crippen molar-refractivity contribution >= 4 is 33.0 Å². The highest BCUT2D eigenvalue weighted by Crippen LogP contribution is 2.42. The molecule has 0 bridgehead atoms. The van der Waals surface area contributed by atoms with E-state index < -0.39 is 15.8 Å². The van der Waals surface area contributed by atoms with Crippen LogP contribution in [0.1, 0.15) is 23.8 Å². The minimum atomic E-state index is -4.04. The summed E-state index contributed by atoms with van der Waals surface area (Å²) < 4.78 is 53.9. The van der Waals surface area contributed by atoms with Crippen LogP contribution in [0.25, 0.3) is 21.8 Å². The Bertz CT molecular complexity index is 1470. The molecule has 3 N–H and O–H groups in total. The number of aliphatic hydroxyl groups is 1. The first-order chi connectivity index (χ1) is 18.0. The lowest BCUT2D eigenvalue weighted by Gasteiger charge is -2.19. The van der Waals surface area contributed by atoms with E-state index in [4.69, 9.17) is 19.2 Å². The summed E-state index contributed by atoms with van der Waals surface area (Å²) in [6.45, 7) is 1.44. The number of ether oxygens (including phenoxy) is 1. The average molecular weight is 546 g/mol. The predicted molar refractivity (Wildman–Crippen MR) is 136 cm³/mol. The number of halogens is 1. The fraction of sp³-hybridized carbons (Fsp3) is 0.292. The normalized spacial score (nSPS) is 14.5. The van der Waals surface area contributed by atoms with E-state index in [0.717, 1.165) is 24.1 Å². The molecular weight excluding hydrogens is 521 g/mol. The predicted octanol–water partition coefficient (Wildman–Crippen LogP) is 4.10. The van der Waals surface area contributed by atoms with E-state index in [1.165, 1.54) is 29.7 Å². The second-order valence-electron chi connectivity index (χ2n) is 8.26. The van der Waals surface area contributed by atoms with Gasteiger partial charge in [-0.1, -0.05) is 6.07 Å². The third kappa shape index (κ3) is 5.49. The molecule has 3 aromatic heterocycles. The highest BCUT2D eigenvalue weighted by atomic mass is 32.2. The maximum absolute atomic E-state index is 15.8. The third-order valence-electron chi connectivity index (χ3n) is 5.80. The summed E-state index contributed by atoms with van der Waals surface area (Å²) in [5, 5.41) is 12.9. The van der Waals surface area contributed by atoms with Gasteiger partial charge in [0.05, 0.1) is 39.8 Å². The molecule has 0 spiro atoms. The number of hydrogen-bond donors (Lipinski definition) is 3. The van der Waals surface area contributed by atoms with Gasteiger partial charge in [-0.25, -0.2) is 27.8 Å². The Labute approximate surface area is 216 Å². The van der Waals surface area contributed by atoms with Crippen molar-refractivity contribution in [2.75, 3.05) is 36.4 Å². The summed E-state index contributed by atoms with van der Waals surface area (Å²) >= 11 is 1.42. The maximum atomic E-state index is 15.8. The lowest BCUT2D eigenvalue weighted by atomic mass is 10.0. The van der Waals surface area contributed by atoms with Crippen LogP contribution >= 0.6 is 11.3 Å². The standard InChI is InChI=1S/C24H24FN5O5S2/c25-20-17(2-1-3-18(20)30-37(32,33)16-7-13-35-14-16)21-22(19-4-8-26-24(28-19)27-9-10-31)36-23(29-21)15-5-11-34-12-6-15/h1-4,7-8,13-15,30-31H,5-6,9-12H2,(H,26,27,28). The van der Waals surface area contributed by atoms with Crippen LogP contribution in [0.5, 0.6) is 0 Å².